The first-order valence-corrected chi connectivity index (χ1v) is 5.52. The molecule has 0 spiro atoms. The number of aliphatic imine (C=N–C) groups is 1. The number of hydrogen-bond donors (Lipinski definition) is 3. The van der Waals surface area contributed by atoms with E-state index in [0.29, 0.717) is 32.3 Å². The molecule has 0 aliphatic carbocycles. The molecule has 1 heterocycles. The highest BCUT2D eigenvalue weighted by molar-refractivity contribution is 14.0. The number of rotatable bonds is 7. The van der Waals surface area contributed by atoms with E-state index in [-0.39, 0.29) is 30.6 Å². The molecular formula is C11H20IN3O3. The van der Waals surface area contributed by atoms with E-state index in [0.717, 1.165) is 5.76 Å². The van der Waals surface area contributed by atoms with Gasteiger partial charge in [0.25, 0.3) is 0 Å². The van der Waals surface area contributed by atoms with Gasteiger partial charge in [0.05, 0.1) is 32.6 Å². The summed E-state index contributed by atoms with van der Waals surface area (Å²) in [6, 6.07) is 3.74. The van der Waals surface area contributed by atoms with E-state index < -0.39 is 0 Å². The molecule has 0 bridgehead atoms. The van der Waals surface area contributed by atoms with Crippen molar-refractivity contribution in [3.8, 4) is 0 Å². The maximum Gasteiger partial charge on any atom is 0.191 e. The molecule has 0 amide bonds. The van der Waals surface area contributed by atoms with Crippen molar-refractivity contribution < 1.29 is 14.3 Å². The summed E-state index contributed by atoms with van der Waals surface area (Å²) in [6.07, 6.45) is 1.63. The number of furan rings is 1. The van der Waals surface area contributed by atoms with Crippen molar-refractivity contribution in [1.82, 2.24) is 10.6 Å². The lowest BCUT2D eigenvalue weighted by Gasteiger charge is -2.10. The fraction of sp³-hybridized carbons (Fsp3) is 0.545. The summed E-state index contributed by atoms with van der Waals surface area (Å²) >= 11 is 0. The molecule has 0 aliphatic rings. The molecule has 0 fully saturated rings. The van der Waals surface area contributed by atoms with E-state index in [1.165, 1.54) is 0 Å². The number of hydrogen-bond acceptors (Lipinski definition) is 4. The highest BCUT2D eigenvalue weighted by Crippen LogP contribution is 1.97. The van der Waals surface area contributed by atoms with Crippen LogP contribution in [0.4, 0.5) is 0 Å². The van der Waals surface area contributed by atoms with Crippen molar-refractivity contribution in [3.05, 3.63) is 24.2 Å². The first kappa shape index (κ1) is 17.2. The number of halogens is 1. The number of nitrogens with zero attached hydrogens (tertiary/aromatic N) is 1. The average Bonchev–Trinajstić information content (AvgIpc) is 2.86. The van der Waals surface area contributed by atoms with Gasteiger partial charge in [-0.3, -0.25) is 4.99 Å². The molecule has 0 saturated carbocycles. The van der Waals surface area contributed by atoms with Crippen LogP contribution in [0.2, 0.25) is 0 Å². The summed E-state index contributed by atoms with van der Waals surface area (Å²) in [5.41, 5.74) is 0. The zero-order chi connectivity index (χ0) is 12.3. The lowest BCUT2D eigenvalue weighted by atomic mass is 10.4. The Hall–Kier alpha value is -0.800. The second-order valence-electron chi connectivity index (χ2n) is 3.27. The standard InChI is InChI=1S/C11H19N3O3.HI/c1-12-11(13-4-7-16-8-5-15)14-9-10-3-2-6-17-10;/h2-3,6,15H,4-5,7-9H2,1H3,(H2,12,13,14);1H. The summed E-state index contributed by atoms with van der Waals surface area (Å²) in [7, 11) is 1.70. The minimum absolute atomic E-state index is 0. The van der Waals surface area contributed by atoms with Gasteiger partial charge >= 0.3 is 0 Å². The minimum atomic E-state index is 0. The number of guanidine groups is 1. The molecule has 6 nitrogen and oxygen atoms in total. The number of nitrogens with one attached hydrogen (secondary N) is 2. The van der Waals surface area contributed by atoms with Gasteiger partial charge in [-0.05, 0) is 12.1 Å². The molecule has 7 heteroatoms. The fourth-order valence-corrected chi connectivity index (χ4v) is 1.21. The molecule has 1 rings (SSSR count). The van der Waals surface area contributed by atoms with Crippen LogP contribution in [0.15, 0.2) is 27.8 Å². The molecule has 0 aromatic carbocycles. The number of aliphatic hydroxyl groups excluding tert-OH is 1. The van der Waals surface area contributed by atoms with Crippen LogP contribution in [0.3, 0.4) is 0 Å². The summed E-state index contributed by atoms with van der Waals surface area (Å²) in [5.74, 6) is 1.54. The average molecular weight is 369 g/mol. The van der Waals surface area contributed by atoms with Crippen LogP contribution in [-0.4, -0.2) is 44.5 Å². The Kier molecular flexibility index (Phi) is 10.8. The highest BCUT2D eigenvalue weighted by Gasteiger charge is 1.99. The van der Waals surface area contributed by atoms with Crippen molar-refractivity contribution in [3.63, 3.8) is 0 Å². The largest absolute Gasteiger partial charge is 0.467 e. The van der Waals surface area contributed by atoms with E-state index in [4.69, 9.17) is 14.3 Å². The van der Waals surface area contributed by atoms with E-state index in [2.05, 4.69) is 15.6 Å². The third kappa shape index (κ3) is 7.51. The van der Waals surface area contributed by atoms with E-state index in [9.17, 15) is 0 Å². The molecule has 0 atom stereocenters. The monoisotopic (exact) mass is 369 g/mol. The third-order valence-corrected chi connectivity index (χ3v) is 2.01. The van der Waals surface area contributed by atoms with Crippen molar-refractivity contribution >= 4 is 29.9 Å². The number of ether oxygens (including phenoxy) is 1. The molecule has 104 valence electrons. The Morgan fingerprint density at radius 3 is 2.89 bits per heavy atom. The van der Waals surface area contributed by atoms with Crippen LogP contribution < -0.4 is 10.6 Å². The SMILES string of the molecule is CN=C(NCCOCCO)NCc1ccco1.I. The second-order valence-corrected chi connectivity index (χ2v) is 3.27. The van der Waals surface area contributed by atoms with Crippen molar-refractivity contribution in [2.45, 2.75) is 6.54 Å². The minimum Gasteiger partial charge on any atom is -0.467 e. The molecule has 1 aromatic heterocycles. The summed E-state index contributed by atoms with van der Waals surface area (Å²) in [6.45, 7) is 2.16. The van der Waals surface area contributed by atoms with E-state index >= 15 is 0 Å². The van der Waals surface area contributed by atoms with Crippen LogP contribution in [0.1, 0.15) is 5.76 Å². The third-order valence-electron chi connectivity index (χ3n) is 2.01. The Labute approximate surface area is 124 Å². The molecule has 1 aromatic rings. The van der Waals surface area contributed by atoms with Gasteiger partial charge in [0.15, 0.2) is 5.96 Å². The normalized spacial score (nSPS) is 10.9. The lowest BCUT2D eigenvalue weighted by Crippen LogP contribution is -2.38. The van der Waals surface area contributed by atoms with E-state index in [1.54, 1.807) is 13.3 Å². The highest BCUT2D eigenvalue weighted by atomic mass is 127. The van der Waals surface area contributed by atoms with Gasteiger partial charge < -0.3 is 24.9 Å². The van der Waals surface area contributed by atoms with Gasteiger partial charge in [0.2, 0.25) is 0 Å². The lowest BCUT2D eigenvalue weighted by molar-refractivity contribution is 0.0957. The molecule has 3 N–H and O–H groups in total. The molecule has 18 heavy (non-hydrogen) atoms. The van der Waals surface area contributed by atoms with E-state index in [1.807, 2.05) is 12.1 Å². The van der Waals surface area contributed by atoms with Crippen molar-refractivity contribution in [2.75, 3.05) is 33.4 Å². The Morgan fingerprint density at radius 1 is 1.44 bits per heavy atom. The molecule has 0 unspecified atom stereocenters. The first-order valence-electron chi connectivity index (χ1n) is 5.52. The summed E-state index contributed by atoms with van der Waals surface area (Å²) < 4.78 is 10.3. The number of aliphatic hydroxyl groups is 1. The molecule has 0 saturated heterocycles. The Balaban J connectivity index is 0.00000289. The first-order chi connectivity index (χ1) is 8.36. The maximum atomic E-state index is 8.52. The Bertz CT molecular complexity index is 317. The van der Waals surface area contributed by atoms with Gasteiger partial charge in [-0.1, -0.05) is 0 Å². The second kappa shape index (κ2) is 11.3. The van der Waals surface area contributed by atoms with Gasteiger partial charge in [-0.2, -0.15) is 0 Å². The van der Waals surface area contributed by atoms with Crippen LogP contribution in [0, 0.1) is 0 Å². The van der Waals surface area contributed by atoms with Gasteiger partial charge in [-0.15, -0.1) is 24.0 Å². The van der Waals surface area contributed by atoms with Crippen LogP contribution in [0.25, 0.3) is 0 Å². The summed E-state index contributed by atoms with van der Waals surface area (Å²) in [5, 5.41) is 14.7. The van der Waals surface area contributed by atoms with Crippen LogP contribution >= 0.6 is 24.0 Å². The van der Waals surface area contributed by atoms with Gasteiger partial charge in [0, 0.05) is 13.6 Å². The maximum absolute atomic E-state index is 8.52. The predicted molar refractivity (Wildman–Crippen MR) is 80.2 cm³/mol. The van der Waals surface area contributed by atoms with Crippen molar-refractivity contribution in [1.29, 1.82) is 0 Å². The molecule has 0 radical (unpaired) electrons. The zero-order valence-electron chi connectivity index (χ0n) is 10.4. The Morgan fingerprint density at radius 2 is 2.28 bits per heavy atom. The van der Waals surface area contributed by atoms with Crippen LogP contribution in [-0.2, 0) is 11.3 Å². The fourth-order valence-electron chi connectivity index (χ4n) is 1.21. The smallest absolute Gasteiger partial charge is 0.191 e. The molecule has 0 aliphatic heterocycles. The van der Waals surface area contributed by atoms with Gasteiger partial charge in [0.1, 0.15) is 5.76 Å². The van der Waals surface area contributed by atoms with Crippen molar-refractivity contribution in [2.24, 2.45) is 4.99 Å². The summed E-state index contributed by atoms with van der Waals surface area (Å²) in [4.78, 5) is 4.05. The van der Waals surface area contributed by atoms with Gasteiger partial charge in [-0.25, -0.2) is 0 Å². The predicted octanol–water partition coefficient (Wildman–Crippen LogP) is 0.572. The molecular weight excluding hydrogens is 349 g/mol. The van der Waals surface area contributed by atoms with Crippen LogP contribution in [0.5, 0.6) is 0 Å². The zero-order valence-corrected chi connectivity index (χ0v) is 12.7. The topological polar surface area (TPSA) is 79.0 Å². The quantitative estimate of drug-likeness (QED) is 0.284.